The quantitative estimate of drug-likeness (QED) is 0.891. The van der Waals surface area contributed by atoms with Crippen LogP contribution in [-0.4, -0.2) is 29.8 Å². The van der Waals surface area contributed by atoms with Gasteiger partial charge in [-0.2, -0.15) is 0 Å². The summed E-state index contributed by atoms with van der Waals surface area (Å²) in [5.41, 5.74) is -0.104. The Balaban J connectivity index is 1.67. The van der Waals surface area contributed by atoms with Crippen molar-refractivity contribution in [1.82, 2.24) is 5.32 Å². The number of rotatable bonds is 4. The lowest BCUT2D eigenvalue weighted by Gasteiger charge is -2.43. The number of benzene rings is 1. The Labute approximate surface area is 144 Å². The van der Waals surface area contributed by atoms with E-state index in [4.69, 9.17) is 4.74 Å². The number of fused-ring (bicyclic) bond motifs is 1. The summed E-state index contributed by atoms with van der Waals surface area (Å²) in [5, 5.41) is 14.2. The number of ether oxygens (including phenoxy) is 1. The van der Waals surface area contributed by atoms with Gasteiger partial charge >= 0.3 is 0 Å². The van der Waals surface area contributed by atoms with E-state index in [-0.39, 0.29) is 17.7 Å². The molecule has 0 spiro atoms. The second-order valence-electron chi connectivity index (χ2n) is 7.92. The Kier molecular flexibility index (Phi) is 4.86. The van der Waals surface area contributed by atoms with Gasteiger partial charge in [0.25, 0.3) is 5.91 Å². The molecule has 132 valence electrons. The van der Waals surface area contributed by atoms with E-state index in [2.05, 4.69) is 26.1 Å². The second kappa shape index (κ2) is 6.75. The molecule has 3 rings (SSSR count). The third-order valence-corrected chi connectivity index (χ3v) is 5.75. The lowest BCUT2D eigenvalue weighted by molar-refractivity contribution is -0.155. The molecule has 1 heterocycles. The fourth-order valence-corrected chi connectivity index (χ4v) is 4.40. The van der Waals surface area contributed by atoms with Crippen LogP contribution in [0.4, 0.5) is 0 Å². The standard InChI is InChI=1S/C20H29NO3/c1-13(2)17-9-8-14(3)10-20(17,23)19(22)21-11-15-12-24-18-7-5-4-6-16(15)18/h4-7,13-15,17,23H,8-12H2,1-3H3,(H,21,22). The van der Waals surface area contributed by atoms with Gasteiger partial charge in [-0.15, -0.1) is 0 Å². The van der Waals surface area contributed by atoms with E-state index >= 15 is 0 Å². The molecule has 0 saturated heterocycles. The maximum absolute atomic E-state index is 12.8. The second-order valence-corrected chi connectivity index (χ2v) is 7.92. The van der Waals surface area contributed by atoms with Crippen molar-refractivity contribution >= 4 is 5.91 Å². The summed E-state index contributed by atoms with van der Waals surface area (Å²) >= 11 is 0. The minimum Gasteiger partial charge on any atom is -0.493 e. The van der Waals surface area contributed by atoms with E-state index in [1.165, 1.54) is 0 Å². The Hall–Kier alpha value is -1.55. The molecule has 24 heavy (non-hydrogen) atoms. The first kappa shape index (κ1) is 17.3. The van der Waals surface area contributed by atoms with E-state index < -0.39 is 5.60 Å². The van der Waals surface area contributed by atoms with Crippen LogP contribution in [-0.2, 0) is 4.79 Å². The lowest BCUT2D eigenvalue weighted by Crippen LogP contribution is -2.56. The van der Waals surface area contributed by atoms with Crippen molar-refractivity contribution in [3.05, 3.63) is 29.8 Å². The van der Waals surface area contributed by atoms with Crippen LogP contribution in [0.5, 0.6) is 5.75 Å². The summed E-state index contributed by atoms with van der Waals surface area (Å²) < 4.78 is 5.68. The summed E-state index contributed by atoms with van der Waals surface area (Å²) in [5.74, 6) is 1.56. The average molecular weight is 331 g/mol. The summed E-state index contributed by atoms with van der Waals surface area (Å²) in [7, 11) is 0. The maximum Gasteiger partial charge on any atom is 0.252 e. The summed E-state index contributed by atoms with van der Waals surface area (Å²) in [6.07, 6.45) is 2.56. The van der Waals surface area contributed by atoms with Crippen LogP contribution in [0.25, 0.3) is 0 Å². The lowest BCUT2D eigenvalue weighted by atomic mass is 9.66. The fourth-order valence-electron chi connectivity index (χ4n) is 4.40. The van der Waals surface area contributed by atoms with Gasteiger partial charge in [0.1, 0.15) is 11.4 Å². The van der Waals surface area contributed by atoms with Gasteiger partial charge in [0, 0.05) is 18.0 Å². The summed E-state index contributed by atoms with van der Waals surface area (Å²) in [4.78, 5) is 12.8. The SMILES string of the molecule is CC1CCC(C(C)C)C(O)(C(=O)NCC2COc3ccccc32)C1. The fraction of sp³-hybridized carbons (Fsp3) is 0.650. The van der Waals surface area contributed by atoms with Gasteiger partial charge in [0.2, 0.25) is 0 Å². The first-order valence-electron chi connectivity index (χ1n) is 9.14. The van der Waals surface area contributed by atoms with Crippen LogP contribution in [0.2, 0.25) is 0 Å². The van der Waals surface area contributed by atoms with Crippen LogP contribution in [0.1, 0.15) is 51.5 Å². The molecule has 1 fully saturated rings. The summed E-state index contributed by atoms with van der Waals surface area (Å²) in [6.45, 7) is 7.41. The number of para-hydroxylation sites is 1. The highest BCUT2D eigenvalue weighted by atomic mass is 16.5. The van der Waals surface area contributed by atoms with Crippen LogP contribution in [0.3, 0.4) is 0 Å². The van der Waals surface area contributed by atoms with Gasteiger partial charge in [-0.1, -0.05) is 45.4 Å². The highest BCUT2D eigenvalue weighted by Gasteiger charge is 2.48. The van der Waals surface area contributed by atoms with Crippen LogP contribution < -0.4 is 10.1 Å². The predicted molar refractivity (Wildman–Crippen MR) is 94.0 cm³/mol. The molecule has 0 bridgehead atoms. The molecule has 4 nitrogen and oxygen atoms in total. The molecule has 1 aromatic carbocycles. The van der Waals surface area contributed by atoms with E-state index in [0.29, 0.717) is 31.4 Å². The molecule has 4 atom stereocenters. The minimum atomic E-state index is -1.25. The number of amides is 1. The zero-order valence-corrected chi connectivity index (χ0v) is 14.9. The molecule has 0 aromatic heterocycles. The highest BCUT2D eigenvalue weighted by molar-refractivity contribution is 5.85. The predicted octanol–water partition coefficient (Wildman–Crippen LogP) is 3.10. The van der Waals surface area contributed by atoms with Gasteiger partial charge in [-0.25, -0.2) is 0 Å². The Morgan fingerprint density at radius 1 is 1.38 bits per heavy atom. The number of carbonyl (C=O) groups is 1. The first-order chi connectivity index (χ1) is 11.4. The van der Waals surface area contributed by atoms with Gasteiger partial charge in [-0.05, 0) is 36.7 Å². The Bertz CT molecular complexity index is 600. The molecule has 1 aromatic rings. The Morgan fingerprint density at radius 2 is 2.12 bits per heavy atom. The maximum atomic E-state index is 12.8. The number of hydrogen-bond donors (Lipinski definition) is 2. The first-order valence-corrected chi connectivity index (χ1v) is 9.14. The smallest absolute Gasteiger partial charge is 0.252 e. The minimum absolute atomic E-state index is 0.0285. The molecular formula is C20H29NO3. The number of hydrogen-bond acceptors (Lipinski definition) is 3. The Morgan fingerprint density at radius 3 is 2.88 bits per heavy atom. The summed E-state index contributed by atoms with van der Waals surface area (Å²) in [6, 6.07) is 7.96. The molecule has 1 aliphatic heterocycles. The molecule has 4 heteroatoms. The van der Waals surface area contributed by atoms with Gasteiger partial charge in [0.15, 0.2) is 0 Å². The normalized spacial score (nSPS) is 32.3. The molecule has 4 unspecified atom stereocenters. The monoisotopic (exact) mass is 331 g/mol. The molecule has 1 aliphatic carbocycles. The number of aliphatic hydroxyl groups is 1. The molecule has 2 N–H and O–H groups in total. The topological polar surface area (TPSA) is 58.6 Å². The zero-order chi connectivity index (χ0) is 17.3. The van der Waals surface area contributed by atoms with Crippen LogP contribution in [0, 0.1) is 17.8 Å². The van der Waals surface area contributed by atoms with E-state index in [9.17, 15) is 9.90 Å². The van der Waals surface area contributed by atoms with Crippen LogP contribution in [0.15, 0.2) is 24.3 Å². The molecule has 1 amide bonds. The highest BCUT2D eigenvalue weighted by Crippen LogP contribution is 2.41. The number of nitrogens with one attached hydrogen (secondary N) is 1. The van der Waals surface area contributed by atoms with Gasteiger partial charge in [0.05, 0.1) is 6.61 Å². The van der Waals surface area contributed by atoms with E-state index in [1.54, 1.807) is 0 Å². The van der Waals surface area contributed by atoms with Crippen molar-refractivity contribution < 1.29 is 14.6 Å². The van der Waals surface area contributed by atoms with Gasteiger partial charge < -0.3 is 15.2 Å². The van der Waals surface area contributed by atoms with Crippen LogP contribution >= 0.6 is 0 Å². The van der Waals surface area contributed by atoms with Crippen molar-refractivity contribution in [1.29, 1.82) is 0 Å². The third kappa shape index (κ3) is 3.16. The molecule has 2 aliphatic rings. The molecule has 1 saturated carbocycles. The van der Waals surface area contributed by atoms with E-state index in [0.717, 1.165) is 24.2 Å². The third-order valence-electron chi connectivity index (χ3n) is 5.75. The molecular weight excluding hydrogens is 302 g/mol. The van der Waals surface area contributed by atoms with Crippen molar-refractivity contribution in [2.75, 3.05) is 13.2 Å². The number of carbonyl (C=O) groups excluding carboxylic acids is 1. The van der Waals surface area contributed by atoms with Gasteiger partial charge in [-0.3, -0.25) is 4.79 Å². The average Bonchev–Trinajstić information content (AvgIpc) is 2.95. The zero-order valence-electron chi connectivity index (χ0n) is 14.9. The largest absolute Gasteiger partial charge is 0.493 e. The molecule has 0 radical (unpaired) electrons. The van der Waals surface area contributed by atoms with Crippen molar-refractivity contribution in [3.8, 4) is 5.75 Å². The van der Waals surface area contributed by atoms with Crippen molar-refractivity contribution in [2.45, 2.75) is 51.6 Å². The van der Waals surface area contributed by atoms with Crippen molar-refractivity contribution in [3.63, 3.8) is 0 Å². The van der Waals surface area contributed by atoms with Crippen molar-refractivity contribution in [2.24, 2.45) is 17.8 Å². The van der Waals surface area contributed by atoms with E-state index in [1.807, 2.05) is 24.3 Å².